The number of ether oxygens (including phenoxy) is 1. The molecule has 0 aliphatic carbocycles. The molecule has 0 fully saturated rings. The van der Waals surface area contributed by atoms with Crippen molar-refractivity contribution in [1.82, 2.24) is 15.3 Å². The average molecular weight is 343 g/mol. The van der Waals surface area contributed by atoms with Crippen LogP contribution in [0.4, 0.5) is 5.95 Å². The Balaban J connectivity index is 1.84. The number of fused-ring (bicyclic) bond motifs is 1. The lowest BCUT2D eigenvalue weighted by molar-refractivity contribution is -0.482. The highest BCUT2D eigenvalue weighted by molar-refractivity contribution is 6.05. The van der Waals surface area contributed by atoms with Crippen LogP contribution in [0.3, 0.4) is 0 Å². The van der Waals surface area contributed by atoms with Crippen molar-refractivity contribution in [3.05, 3.63) is 23.9 Å². The summed E-state index contributed by atoms with van der Waals surface area (Å²) in [5.74, 6) is -0.499. The van der Waals surface area contributed by atoms with E-state index in [1.807, 2.05) is 32.0 Å². The normalized spacial score (nSPS) is 16.5. The van der Waals surface area contributed by atoms with Gasteiger partial charge in [-0.3, -0.25) is 9.79 Å². The summed E-state index contributed by atoms with van der Waals surface area (Å²) in [5, 5.41) is 16.9. The molecule has 3 N–H and O–H groups in total. The number of carboxylic acid groups (broad SMARTS) is 1. The maximum Gasteiger partial charge on any atom is 0.358 e. The van der Waals surface area contributed by atoms with Gasteiger partial charge in [-0.2, -0.15) is 4.98 Å². The molecule has 0 spiro atoms. The zero-order valence-corrected chi connectivity index (χ0v) is 13.8. The van der Waals surface area contributed by atoms with Crippen molar-refractivity contribution in [2.45, 2.75) is 26.3 Å². The van der Waals surface area contributed by atoms with E-state index in [9.17, 15) is 14.7 Å². The number of carbonyl (C=O) groups is 2. The van der Waals surface area contributed by atoms with E-state index in [-0.39, 0.29) is 11.9 Å². The second-order valence-corrected chi connectivity index (χ2v) is 5.51. The Kier molecular flexibility index (Phi) is 4.46. The summed E-state index contributed by atoms with van der Waals surface area (Å²) < 4.78 is 5.48. The molecule has 1 amide bonds. The Hall–Kier alpha value is -3.23. The molecule has 9 nitrogen and oxygen atoms in total. The van der Waals surface area contributed by atoms with Crippen LogP contribution in [-0.4, -0.2) is 40.5 Å². The molecule has 1 aromatic carbocycles. The standard InChI is InChI=1S/C16H17N5O4/c1-3-25-9-4-5-11-10(6-9)8(2)17-15(18-11)21-16-19-12(7-13(22)23)14(24)20-16/h4-6,12H,3,7H2,1-2H3,(H,22,23)(H2,17,18,19,20,21,24). The van der Waals surface area contributed by atoms with E-state index >= 15 is 0 Å². The molecular weight excluding hydrogens is 326 g/mol. The number of hydrogen-bond acceptors (Lipinski definition) is 7. The molecule has 1 aliphatic heterocycles. The summed E-state index contributed by atoms with van der Waals surface area (Å²) in [6.45, 7) is 4.32. The van der Waals surface area contributed by atoms with Crippen LogP contribution in [0.25, 0.3) is 10.9 Å². The number of carboxylic acids is 1. The fourth-order valence-corrected chi connectivity index (χ4v) is 2.55. The number of aromatic nitrogens is 2. The number of aryl methyl sites for hydroxylation is 1. The number of rotatable bonds is 5. The average Bonchev–Trinajstić information content (AvgIpc) is 2.87. The predicted octanol–water partition coefficient (Wildman–Crippen LogP) is -2.18. The number of carbonyl (C=O) groups excluding carboxylic acids is 2. The van der Waals surface area contributed by atoms with Crippen molar-refractivity contribution in [2.24, 2.45) is 0 Å². The van der Waals surface area contributed by atoms with E-state index in [1.54, 1.807) is 0 Å². The molecule has 2 heterocycles. The van der Waals surface area contributed by atoms with Gasteiger partial charge in [-0.25, -0.2) is 15.6 Å². The van der Waals surface area contributed by atoms with Crippen LogP contribution < -0.4 is 25.5 Å². The maximum atomic E-state index is 11.7. The summed E-state index contributed by atoms with van der Waals surface area (Å²) in [5.41, 5.74) is 1.46. The zero-order valence-electron chi connectivity index (χ0n) is 13.8. The lowest BCUT2D eigenvalue weighted by atomic mass is 10.2. The molecule has 130 valence electrons. The summed E-state index contributed by atoms with van der Waals surface area (Å²) in [6.07, 6.45) is -0.422. The van der Waals surface area contributed by atoms with Crippen LogP contribution in [0.2, 0.25) is 0 Å². The first kappa shape index (κ1) is 16.6. The van der Waals surface area contributed by atoms with Crippen LogP contribution in [0.15, 0.2) is 18.2 Å². The van der Waals surface area contributed by atoms with Gasteiger partial charge in [0.05, 0.1) is 17.8 Å². The zero-order chi connectivity index (χ0) is 18.0. The Labute approximate surface area is 143 Å². The molecule has 0 saturated heterocycles. The van der Waals surface area contributed by atoms with Gasteiger partial charge in [0.25, 0.3) is 5.95 Å². The van der Waals surface area contributed by atoms with Gasteiger partial charge in [0.2, 0.25) is 0 Å². The predicted molar refractivity (Wildman–Crippen MR) is 86.6 cm³/mol. The van der Waals surface area contributed by atoms with Crippen LogP contribution >= 0.6 is 0 Å². The molecule has 9 heteroatoms. The molecule has 1 atom stereocenters. The molecule has 1 unspecified atom stereocenters. The van der Waals surface area contributed by atoms with Gasteiger partial charge in [0.15, 0.2) is 6.04 Å². The molecule has 1 aromatic heterocycles. The van der Waals surface area contributed by atoms with E-state index in [4.69, 9.17) is 4.74 Å². The highest BCUT2D eigenvalue weighted by Gasteiger charge is 2.32. The molecule has 25 heavy (non-hydrogen) atoms. The van der Waals surface area contributed by atoms with Crippen LogP contribution in [-0.2, 0) is 9.59 Å². The van der Waals surface area contributed by atoms with Gasteiger partial charge >= 0.3 is 11.9 Å². The Morgan fingerprint density at radius 1 is 1.44 bits per heavy atom. The van der Waals surface area contributed by atoms with Gasteiger partial charge in [0.1, 0.15) is 5.75 Å². The van der Waals surface area contributed by atoms with Gasteiger partial charge in [-0.05, 0) is 32.0 Å². The summed E-state index contributed by atoms with van der Waals surface area (Å²) >= 11 is 0. The van der Waals surface area contributed by atoms with Crippen molar-refractivity contribution < 1.29 is 24.4 Å². The van der Waals surface area contributed by atoms with Crippen molar-refractivity contribution in [1.29, 1.82) is 0 Å². The fourth-order valence-electron chi connectivity index (χ4n) is 2.55. The second kappa shape index (κ2) is 6.71. The van der Waals surface area contributed by atoms with E-state index < -0.39 is 24.3 Å². The number of anilines is 1. The smallest absolute Gasteiger partial charge is 0.358 e. The monoisotopic (exact) mass is 343 g/mol. The molecule has 1 aliphatic rings. The van der Waals surface area contributed by atoms with Gasteiger partial charge in [-0.15, -0.1) is 0 Å². The number of aliphatic carboxylic acids is 1. The van der Waals surface area contributed by atoms with Gasteiger partial charge in [0, 0.05) is 17.8 Å². The topological polar surface area (TPSA) is 130 Å². The van der Waals surface area contributed by atoms with E-state index in [0.717, 1.165) is 22.3 Å². The summed E-state index contributed by atoms with van der Waals surface area (Å²) in [6, 6.07) is 4.63. The lowest BCUT2D eigenvalue weighted by Crippen LogP contribution is -2.79. The number of benzene rings is 1. The highest BCUT2D eigenvalue weighted by Crippen LogP contribution is 2.22. The lowest BCUT2D eigenvalue weighted by Gasteiger charge is -2.07. The number of amides is 1. The third-order valence-corrected chi connectivity index (χ3v) is 3.66. The van der Waals surface area contributed by atoms with Crippen LogP contribution in [0.1, 0.15) is 19.0 Å². The van der Waals surface area contributed by atoms with Crippen molar-refractivity contribution in [3.8, 4) is 5.75 Å². The number of guanidine groups is 1. The molecule has 0 saturated carbocycles. The molecular formula is C16H17N5O4. The number of hydrogen-bond donors (Lipinski definition) is 3. The first-order chi connectivity index (χ1) is 12.0. The molecule has 0 radical (unpaired) electrons. The van der Waals surface area contributed by atoms with Crippen molar-refractivity contribution in [2.75, 3.05) is 11.9 Å². The minimum Gasteiger partial charge on any atom is -0.550 e. The quantitative estimate of drug-likeness (QED) is 0.563. The first-order valence-electron chi connectivity index (χ1n) is 7.78. The first-order valence-corrected chi connectivity index (χ1v) is 7.78. The van der Waals surface area contributed by atoms with Crippen molar-refractivity contribution >= 4 is 34.7 Å². The van der Waals surface area contributed by atoms with E-state index in [1.165, 1.54) is 0 Å². The molecule has 2 aromatic rings. The largest absolute Gasteiger partial charge is 0.550 e. The Bertz CT molecular complexity index is 880. The Morgan fingerprint density at radius 2 is 2.24 bits per heavy atom. The van der Waals surface area contributed by atoms with E-state index in [0.29, 0.717) is 6.61 Å². The summed E-state index contributed by atoms with van der Waals surface area (Å²) in [7, 11) is 0. The third-order valence-electron chi connectivity index (χ3n) is 3.66. The van der Waals surface area contributed by atoms with Crippen LogP contribution in [0, 0.1) is 6.92 Å². The van der Waals surface area contributed by atoms with Crippen LogP contribution in [0.5, 0.6) is 5.75 Å². The molecule has 0 bridgehead atoms. The third kappa shape index (κ3) is 3.65. The van der Waals surface area contributed by atoms with E-state index in [2.05, 4.69) is 25.6 Å². The summed E-state index contributed by atoms with van der Waals surface area (Å²) in [4.78, 5) is 33.8. The van der Waals surface area contributed by atoms with Gasteiger partial charge < -0.3 is 14.6 Å². The number of nitrogens with zero attached hydrogens (tertiary/aromatic N) is 2. The Morgan fingerprint density at radius 3 is 2.96 bits per heavy atom. The fraction of sp³-hybridized carbons (Fsp3) is 0.312. The minimum atomic E-state index is -1.31. The maximum absolute atomic E-state index is 11.7. The number of nitrogens with one attached hydrogen (secondary N) is 3. The van der Waals surface area contributed by atoms with Crippen molar-refractivity contribution in [3.63, 3.8) is 0 Å². The van der Waals surface area contributed by atoms with Gasteiger partial charge in [-0.1, -0.05) is 0 Å². The SMILES string of the molecule is CCOc1ccc2nc(NC3=[NH+]C(CC(=O)[O-])C(=O)N3)nc(C)c2c1. The highest BCUT2D eigenvalue weighted by atomic mass is 16.5. The molecule has 3 rings (SSSR count). The second-order valence-electron chi connectivity index (χ2n) is 5.51. The minimum absolute atomic E-state index is 0.237.